The molecule has 6 heteroatoms. The Bertz CT molecular complexity index is 712. The second-order valence-corrected chi connectivity index (χ2v) is 6.24. The van der Waals surface area contributed by atoms with Crippen molar-refractivity contribution in [1.29, 1.82) is 0 Å². The molecule has 1 saturated heterocycles. The van der Waals surface area contributed by atoms with Gasteiger partial charge in [-0.15, -0.1) is 0 Å². The Kier molecular flexibility index (Phi) is 3.97. The highest BCUT2D eigenvalue weighted by Gasteiger charge is 2.25. The third kappa shape index (κ3) is 3.10. The number of pyridine rings is 1. The maximum Gasteiger partial charge on any atom is 0.258 e. The van der Waals surface area contributed by atoms with Gasteiger partial charge in [-0.3, -0.25) is 14.1 Å². The molecule has 21 heavy (non-hydrogen) atoms. The fraction of sp³-hybridized carbons (Fsp3) is 0.467. The lowest BCUT2D eigenvalue weighted by Gasteiger charge is -2.17. The van der Waals surface area contributed by atoms with Gasteiger partial charge in [-0.25, -0.2) is 4.98 Å². The zero-order valence-corrected chi connectivity index (χ0v) is 12.8. The molecule has 0 bridgehead atoms. The van der Waals surface area contributed by atoms with Crippen LogP contribution in [0.2, 0.25) is 5.02 Å². The standard InChI is InChI=1S/C15H19ClN4O/c1-10(17)11-4-5-19(7-11)9-13-6-15(21)20-8-12(16)2-3-14(20)18-13/h2-3,6,8,10-11H,4-5,7,9,17H2,1H3. The van der Waals surface area contributed by atoms with Gasteiger partial charge in [-0.05, 0) is 37.9 Å². The van der Waals surface area contributed by atoms with E-state index in [1.165, 1.54) is 4.40 Å². The summed E-state index contributed by atoms with van der Waals surface area (Å²) >= 11 is 5.91. The quantitative estimate of drug-likeness (QED) is 0.934. The molecule has 2 atom stereocenters. The molecule has 5 nitrogen and oxygen atoms in total. The van der Waals surface area contributed by atoms with Crippen LogP contribution in [0.5, 0.6) is 0 Å². The third-order valence-corrected chi connectivity index (χ3v) is 4.34. The number of hydrogen-bond acceptors (Lipinski definition) is 4. The van der Waals surface area contributed by atoms with Crippen molar-refractivity contribution >= 4 is 17.2 Å². The molecule has 0 saturated carbocycles. The van der Waals surface area contributed by atoms with E-state index < -0.39 is 0 Å². The van der Waals surface area contributed by atoms with E-state index >= 15 is 0 Å². The maximum atomic E-state index is 12.1. The minimum Gasteiger partial charge on any atom is -0.328 e. The van der Waals surface area contributed by atoms with E-state index in [0.717, 1.165) is 25.2 Å². The van der Waals surface area contributed by atoms with Crippen molar-refractivity contribution in [3.8, 4) is 0 Å². The number of fused-ring (bicyclic) bond motifs is 1. The molecule has 0 aliphatic carbocycles. The highest BCUT2D eigenvalue weighted by Crippen LogP contribution is 2.20. The highest BCUT2D eigenvalue weighted by atomic mass is 35.5. The highest BCUT2D eigenvalue weighted by molar-refractivity contribution is 6.30. The normalized spacial score (nSPS) is 21.0. The van der Waals surface area contributed by atoms with Crippen molar-refractivity contribution in [3.05, 3.63) is 45.5 Å². The van der Waals surface area contributed by atoms with E-state index in [1.54, 1.807) is 24.4 Å². The first-order valence-electron chi connectivity index (χ1n) is 7.19. The minimum absolute atomic E-state index is 0.0968. The summed E-state index contributed by atoms with van der Waals surface area (Å²) in [5.41, 5.74) is 7.29. The summed E-state index contributed by atoms with van der Waals surface area (Å²) in [6.07, 6.45) is 2.71. The van der Waals surface area contributed by atoms with Gasteiger partial charge >= 0.3 is 0 Å². The molecular weight excluding hydrogens is 288 g/mol. The summed E-state index contributed by atoms with van der Waals surface area (Å²) in [5.74, 6) is 0.533. The van der Waals surface area contributed by atoms with Crippen molar-refractivity contribution in [2.45, 2.75) is 25.9 Å². The van der Waals surface area contributed by atoms with Crippen molar-refractivity contribution in [3.63, 3.8) is 0 Å². The Balaban J connectivity index is 1.82. The van der Waals surface area contributed by atoms with Gasteiger partial charge in [0.15, 0.2) is 0 Å². The number of nitrogens with two attached hydrogens (primary N) is 1. The summed E-state index contributed by atoms with van der Waals surface area (Å²) < 4.78 is 1.47. The number of aromatic nitrogens is 2. The summed E-state index contributed by atoms with van der Waals surface area (Å²) in [6, 6.07) is 5.31. The van der Waals surface area contributed by atoms with Gasteiger partial charge in [0.2, 0.25) is 0 Å². The van der Waals surface area contributed by atoms with E-state index in [9.17, 15) is 4.79 Å². The van der Waals surface area contributed by atoms with Crippen LogP contribution in [0.3, 0.4) is 0 Å². The van der Waals surface area contributed by atoms with Gasteiger partial charge in [-0.1, -0.05) is 11.6 Å². The first-order chi connectivity index (χ1) is 10.0. The average Bonchev–Trinajstić information content (AvgIpc) is 2.88. The fourth-order valence-corrected chi connectivity index (χ4v) is 3.03. The smallest absolute Gasteiger partial charge is 0.258 e. The first kappa shape index (κ1) is 14.5. The lowest BCUT2D eigenvalue weighted by molar-refractivity contribution is 0.305. The zero-order chi connectivity index (χ0) is 15.0. The molecule has 0 aromatic carbocycles. The molecular formula is C15H19ClN4O. The van der Waals surface area contributed by atoms with Gasteiger partial charge in [0.05, 0.1) is 10.7 Å². The molecule has 2 N–H and O–H groups in total. The molecule has 3 rings (SSSR count). The fourth-order valence-electron chi connectivity index (χ4n) is 2.87. The van der Waals surface area contributed by atoms with Crippen molar-refractivity contribution in [2.24, 2.45) is 11.7 Å². The predicted molar refractivity (Wildman–Crippen MR) is 83.5 cm³/mol. The van der Waals surface area contributed by atoms with E-state index in [4.69, 9.17) is 17.3 Å². The Morgan fingerprint density at radius 3 is 3.05 bits per heavy atom. The van der Waals surface area contributed by atoms with Crippen molar-refractivity contribution < 1.29 is 0 Å². The molecule has 1 aliphatic rings. The van der Waals surface area contributed by atoms with E-state index in [1.807, 2.05) is 0 Å². The Morgan fingerprint density at radius 1 is 1.52 bits per heavy atom. The SMILES string of the molecule is CC(N)C1CCN(Cc2cc(=O)n3cc(Cl)ccc3n2)C1. The third-order valence-electron chi connectivity index (χ3n) is 4.11. The molecule has 2 aromatic rings. The monoisotopic (exact) mass is 306 g/mol. The predicted octanol–water partition coefficient (Wildman–Crippen LogP) is 1.52. The number of hydrogen-bond donors (Lipinski definition) is 1. The van der Waals surface area contributed by atoms with Crippen LogP contribution >= 0.6 is 11.6 Å². The van der Waals surface area contributed by atoms with Crippen LogP contribution in [0.15, 0.2) is 29.2 Å². The first-order valence-corrected chi connectivity index (χ1v) is 7.56. The zero-order valence-electron chi connectivity index (χ0n) is 12.0. The molecule has 2 unspecified atom stereocenters. The average molecular weight is 307 g/mol. The summed E-state index contributed by atoms with van der Waals surface area (Å²) in [4.78, 5) is 19.0. The van der Waals surface area contributed by atoms with Crippen LogP contribution in [-0.2, 0) is 6.54 Å². The van der Waals surface area contributed by atoms with Gasteiger partial charge in [-0.2, -0.15) is 0 Å². The van der Waals surface area contributed by atoms with Gasteiger partial charge in [0.1, 0.15) is 5.65 Å². The van der Waals surface area contributed by atoms with Crippen LogP contribution in [0, 0.1) is 5.92 Å². The second-order valence-electron chi connectivity index (χ2n) is 5.80. The second kappa shape index (κ2) is 5.75. The Labute approximate surface area is 128 Å². The maximum absolute atomic E-state index is 12.1. The lowest BCUT2D eigenvalue weighted by Crippen LogP contribution is -2.30. The molecule has 1 fully saturated rings. The molecule has 1 aliphatic heterocycles. The van der Waals surface area contributed by atoms with Crippen LogP contribution in [0.25, 0.3) is 5.65 Å². The number of halogens is 1. The van der Waals surface area contributed by atoms with Gasteiger partial charge < -0.3 is 5.73 Å². The Hall–Kier alpha value is -1.43. The van der Waals surface area contributed by atoms with E-state index in [-0.39, 0.29) is 11.6 Å². The van der Waals surface area contributed by atoms with E-state index in [0.29, 0.717) is 23.1 Å². The number of nitrogens with zero attached hydrogens (tertiary/aromatic N) is 3. The minimum atomic E-state index is -0.0968. The van der Waals surface area contributed by atoms with Gasteiger partial charge in [0.25, 0.3) is 5.56 Å². The topological polar surface area (TPSA) is 63.6 Å². The van der Waals surface area contributed by atoms with Crippen molar-refractivity contribution in [1.82, 2.24) is 14.3 Å². The van der Waals surface area contributed by atoms with Crippen LogP contribution in [0.1, 0.15) is 19.0 Å². The Morgan fingerprint density at radius 2 is 2.33 bits per heavy atom. The largest absolute Gasteiger partial charge is 0.328 e. The molecule has 2 aromatic heterocycles. The molecule has 0 radical (unpaired) electrons. The number of rotatable bonds is 3. The summed E-state index contributed by atoms with van der Waals surface area (Å²) in [6.45, 7) is 4.73. The van der Waals surface area contributed by atoms with Crippen molar-refractivity contribution in [2.75, 3.05) is 13.1 Å². The molecule has 0 amide bonds. The van der Waals surface area contributed by atoms with Gasteiger partial charge in [0, 0.05) is 31.4 Å². The summed E-state index contributed by atoms with van der Waals surface area (Å²) in [5, 5.41) is 0.526. The van der Waals surface area contributed by atoms with E-state index in [2.05, 4.69) is 16.8 Å². The van der Waals surface area contributed by atoms with Crippen LogP contribution in [-0.4, -0.2) is 33.4 Å². The van der Waals surface area contributed by atoms with Crippen LogP contribution < -0.4 is 11.3 Å². The molecule has 0 spiro atoms. The molecule has 3 heterocycles. The molecule has 112 valence electrons. The van der Waals surface area contributed by atoms with Crippen LogP contribution in [0.4, 0.5) is 0 Å². The lowest BCUT2D eigenvalue weighted by atomic mass is 10.0. The summed E-state index contributed by atoms with van der Waals surface area (Å²) in [7, 11) is 0. The number of likely N-dealkylation sites (tertiary alicyclic amines) is 1.